The monoisotopic (exact) mass is 296 g/mol. The Morgan fingerprint density at radius 1 is 1.09 bits per heavy atom. The van der Waals surface area contributed by atoms with Gasteiger partial charge < -0.3 is 15.4 Å². The molecule has 0 aliphatic carbocycles. The van der Waals surface area contributed by atoms with Crippen molar-refractivity contribution in [3.63, 3.8) is 0 Å². The average molecular weight is 296 g/mol. The molecule has 0 saturated heterocycles. The lowest BCUT2D eigenvalue weighted by atomic mass is 10.1. The van der Waals surface area contributed by atoms with Crippen molar-refractivity contribution in [2.24, 2.45) is 5.73 Å². The summed E-state index contributed by atoms with van der Waals surface area (Å²) in [5.74, 6) is 0.767. The minimum Gasteiger partial charge on any atom is -0.482 e. The summed E-state index contributed by atoms with van der Waals surface area (Å²) >= 11 is 0. The maximum absolute atomic E-state index is 12.1. The van der Waals surface area contributed by atoms with Gasteiger partial charge in [-0.1, -0.05) is 36.4 Å². The number of aryl methyl sites for hydroxylation is 1. The molecular weight excluding hydrogens is 276 g/mol. The van der Waals surface area contributed by atoms with Crippen LogP contribution < -0.4 is 15.4 Å². The van der Waals surface area contributed by atoms with E-state index in [4.69, 9.17) is 10.5 Å². The zero-order valence-corrected chi connectivity index (χ0v) is 12.5. The number of anilines is 1. The summed E-state index contributed by atoms with van der Waals surface area (Å²) in [7, 11) is 0. The van der Waals surface area contributed by atoms with Gasteiger partial charge in [0, 0.05) is 13.1 Å². The molecule has 1 amide bonds. The highest BCUT2D eigenvalue weighted by Gasteiger charge is 2.25. The number of fused-ring (bicyclic) bond motifs is 1. The van der Waals surface area contributed by atoms with E-state index in [1.165, 1.54) is 5.56 Å². The van der Waals surface area contributed by atoms with Crippen molar-refractivity contribution in [2.75, 3.05) is 18.1 Å². The number of hydrogen-bond donors (Lipinski definition) is 1. The topological polar surface area (TPSA) is 55.6 Å². The number of hydrogen-bond acceptors (Lipinski definition) is 3. The zero-order chi connectivity index (χ0) is 15.4. The van der Waals surface area contributed by atoms with Crippen LogP contribution in [0.5, 0.6) is 5.75 Å². The van der Waals surface area contributed by atoms with Crippen LogP contribution in [0.4, 0.5) is 5.69 Å². The van der Waals surface area contributed by atoms with Gasteiger partial charge in [0.15, 0.2) is 6.61 Å². The SMILES string of the molecule is NCc1ccc2c(c1)OCC(=O)N2CCCc1ccccc1. The molecule has 22 heavy (non-hydrogen) atoms. The van der Waals surface area contributed by atoms with Crippen LogP contribution >= 0.6 is 0 Å². The van der Waals surface area contributed by atoms with E-state index in [0.29, 0.717) is 13.1 Å². The molecule has 4 nitrogen and oxygen atoms in total. The molecule has 0 saturated carbocycles. The first kappa shape index (κ1) is 14.6. The van der Waals surface area contributed by atoms with Gasteiger partial charge in [-0.05, 0) is 36.1 Å². The molecule has 114 valence electrons. The number of amides is 1. The number of ether oxygens (including phenoxy) is 1. The van der Waals surface area contributed by atoms with Crippen molar-refractivity contribution < 1.29 is 9.53 Å². The van der Waals surface area contributed by atoms with Crippen LogP contribution in [0.25, 0.3) is 0 Å². The van der Waals surface area contributed by atoms with E-state index < -0.39 is 0 Å². The average Bonchev–Trinajstić information content (AvgIpc) is 2.57. The molecule has 0 atom stereocenters. The van der Waals surface area contributed by atoms with Crippen molar-refractivity contribution in [1.29, 1.82) is 0 Å². The number of rotatable bonds is 5. The minimum absolute atomic E-state index is 0.0149. The molecule has 0 radical (unpaired) electrons. The second-order valence-corrected chi connectivity index (χ2v) is 5.43. The van der Waals surface area contributed by atoms with Crippen LogP contribution in [0.3, 0.4) is 0 Å². The third kappa shape index (κ3) is 3.12. The summed E-state index contributed by atoms with van der Waals surface area (Å²) in [6.07, 6.45) is 1.88. The Balaban J connectivity index is 1.69. The number of nitrogens with two attached hydrogens (primary N) is 1. The molecule has 0 bridgehead atoms. The molecule has 0 unspecified atom stereocenters. The highest BCUT2D eigenvalue weighted by Crippen LogP contribution is 2.33. The van der Waals surface area contributed by atoms with Crippen LogP contribution in [0.1, 0.15) is 17.5 Å². The van der Waals surface area contributed by atoms with Gasteiger partial charge >= 0.3 is 0 Å². The Morgan fingerprint density at radius 2 is 1.91 bits per heavy atom. The van der Waals surface area contributed by atoms with Crippen molar-refractivity contribution in [1.82, 2.24) is 0 Å². The highest BCUT2D eigenvalue weighted by atomic mass is 16.5. The van der Waals surface area contributed by atoms with Gasteiger partial charge in [0.2, 0.25) is 0 Å². The third-order valence-corrected chi connectivity index (χ3v) is 3.89. The lowest BCUT2D eigenvalue weighted by Gasteiger charge is -2.29. The van der Waals surface area contributed by atoms with E-state index >= 15 is 0 Å². The predicted octanol–water partition coefficient (Wildman–Crippen LogP) is 2.50. The number of carbonyl (C=O) groups is 1. The van der Waals surface area contributed by atoms with E-state index in [1.54, 1.807) is 0 Å². The predicted molar refractivity (Wildman–Crippen MR) is 86.9 cm³/mol. The smallest absolute Gasteiger partial charge is 0.265 e. The first-order chi connectivity index (χ1) is 10.8. The van der Waals surface area contributed by atoms with E-state index in [1.807, 2.05) is 41.3 Å². The Morgan fingerprint density at radius 3 is 2.68 bits per heavy atom. The van der Waals surface area contributed by atoms with Crippen molar-refractivity contribution in [3.8, 4) is 5.75 Å². The molecule has 1 aliphatic heterocycles. The Hall–Kier alpha value is -2.33. The molecule has 3 rings (SSSR count). The Labute approximate surface area is 130 Å². The summed E-state index contributed by atoms with van der Waals surface area (Å²) in [6, 6.07) is 16.1. The molecule has 2 aromatic carbocycles. The molecule has 0 spiro atoms. The summed E-state index contributed by atoms with van der Waals surface area (Å²) in [5.41, 5.74) is 8.81. The standard InChI is InChI=1S/C18H20N2O2/c19-12-15-8-9-16-17(11-15)22-13-18(21)20(16)10-4-7-14-5-2-1-3-6-14/h1-3,5-6,8-9,11H,4,7,10,12-13,19H2. The van der Waals surface area contributed by atoms with Gasteiger partial charge in [-0.15, -0.1) is 0 Å². The van der Waals surface area contributed by atoms with E-state index in [9.17, 15) is 4.79 Å². The molecule has 1 heterocycles. The van der Waals surface area contributed by atoms with Crippen LogP contribution in [-0.2, 0) is 17.8 Å². The summed E-state index contributed by atoms with van der Waals surface area (Å²) < 4.78 is 5.53. The van der Waals surface area contributed by atoms with Gasteiger partial charge in [-0.25, -0.2) is 0 Å². The van der Waals surface area contributed by atoms with Crippen molar-refractivity contribution in [2.45, 2.75) is 19.4 Å². The van der Waals surface area contributed by atoms with E-state index in [0.717, 1.165) is 29.8 Å². The maximum atomic E-state index is 12.1. The molecule has 4 heteroatoms. The van der Waals surface area contributed by atoms with E-state index in [-0.39, 0.29) is 12.5 Å². The quantitative estimate of drug-likeness (QED) is 0.922. The molecule has 2 N–H and O–H groups in total. The lowest BCUT2D eigenvalue weighted by molar-refractivity contribution is -0.121. The van der Waals surface area contributed by atoms with Crippen molar-refractivity contribution in [3.05, 3.63) is 59.7 Å². The fourth-order valence-electron chi connectivity index (χ4n) is 2.71. The Kier molecular flexibility index (Phi) is 4.39. The van der Waals surface area contributed by atoms with Gasteiger partial charge in [-0.2, -0.15) is 0 Å². The normalized spacial score (nSPS) is 13.7. The first-order valence-electron chi connectivity index (χ1n) is 7.58. The second-order valence-electron chi connectivity index (χ2n) is 5.43. The highest BCUT2D eigenvalue weighted by molar-refractivity contribution is 5.97. The molecule has 2 aromatic rings. The summed E-state index contributed by atoms with van der Waals surface area (Å²) in [4.78, 5) is 14.0. The van der Waals surface area contributed by atoms with Crippen LogP contribution in [0.15, 0.2) is 48.5 Å². The number of benzene rings is 2. The lowest BCUT2D eigenvalue weighted by Crippen LogP contribution is -2.39. The van der Waals surface area contributed by atoms with E-state index in [2.05, 4.69) is 12.1 Å². The fraction of sp³-hybridized carbons (Fsp3) is 0.278. The first-order valence-corrected chi connectivity index (χ1v) is 7.58. The maximum Gasteiger partial charge on any atom is 0.265 e. The van der Waals surface area contributed by atoms with Gasteiger partial charge in [0.25, 0.3) is 5.91 Å². The Bertz CT molecular complexity index is 655. The van der Waals surface area contributed by atoms with Crippen LogP contribution in [0.2, 0.25) is 0 Å². The molecule has 1 aliphatic rings. The largest absolute Gasteiger partial charge is 0.482 e. The molecular formula is C18H20N2O2. The van der Waals surface area contributed by atoms with Gasteiger partial charge in [-0.3, -0.25) is 4.79 Å². The van der Waals surface area contributed by atoms with Crippen molar-refractivity contribution >= 4 is 11.6 Å². The van der Waals surface area contributed by atoms with Crippen LogP contribution in [0, 0.1) is 0 Å². The second kappa shape index (κ2) is 6.62. The van der Waals surface area contributed by atoms with Crippen LogP contribution in [-0.4, -0.2) is 19.1 Å². The summed E-state index contributed by atoms with van der Waals surface area (Å²) in [5, 5.41) is 0. The zero-order valence-electron chi connectivity index (χ0n) is 12.5. The van der Waals surface area contributed by atoms with Gasteiger partial charge in [0.1, 0.15) is 5.75 Å². The summed E-state index contributed by atoms with van der Waals surface area (Å²) in [6.45, 7) is 1.27. The number of nitrogens with zero attached hydrogens (tertiary/aromatic N) is 1. The fourth-order valence-corrected chi connectivity index (χ4v) is 2.71. The third-order valence-electron chi connectivity index (χ3n) is 3.89. The molecule has 0 fully saturated rings. The van der Waals surface area contributed by atoms with Gasteiger partial charge in [0.05, 0.1) is 5.69 Å². The number of carbonyl (C=O) groups excluding carboxylic acids is 1. The minimum atomic E-state index is 0.0149. The molecule has 0 aromatic heterocycles.